The molecule has 9 nitrogen and oxygen atoms in total. The first-order valence-electron chi connectivity index (χ1n) is 10.2. The second-order valence-corrected chi connectivity index (χ2v) is 7.67. The first kappa shape index (κ1) is 20.3. The molecule has 0 radical (unpaired) electrons. The van der Waals surface area contributed by atoms with Crippen molar-refractivity contribution in [1.29, 1.82) is 0 Å². The average molecular weight is 470 g/mol. The maximum absolute atomic E-state index is 13.6. The predicted molar refractivity (Wildman–Crippen MR) is 109 cm³/mol. The molecule has 1 aliphatic rings. The van der Waals surface area contributed by atoms with Crippen LogP contribution in [-0.2, 0) is 12.6 Å². The molecule has 34 heavy (non-hydrogen) atoms. The summed E-state index contributed by atoms with van der Waals surface area (Å²) in [5.41, 5.74) is 1.04. The van der Waals surface area contributed by atoms with Crippen molar-refractivity contribution in [3.05, 3.63) is 77.5 Å². The third kappa shape index (κ3) is 3.27. The van der Waals surface area contributed by atoms with Gasteiger partial charge in [-0.3, -0.25) is 0 Å². The van der Waals surface area contributed by atoms with Gasteiger partial charge in [-0.1, -0.05) is 11.2 Å². The molecule has 1 aliphatic heterocycles. The zero-order valence-corrected chi connectivity index (χ0v) is 17.2. The number of nitrogens with one attached hydrogen (secondary N) is 1. The lowest BCUT2D eigenvalue weighted by molar-refractivity contribution is -0.136. The van der Waals surface area contributed by atoms with Crippen LogP contribution in [-0.4, -0.2) is 41.3 Å². The average Bonchev–Trinajstić information content (AvgIpc) is 3.56. The number of hydrogen-bond acceptors (Lipinski definition) is 7. The quantitative estimate of drug-likeness (QED) is 0.316. The van der Waals surface area contributed by atoms with Crippen molar-refractivity contribution in [2.75, 3.05) is 11.4 Å². The van der Waals surface area contributed by atoms with E-state index in [0.29, 0.717) is 24.4 Å². The van der Waals surface area contributed by atoms with Gasteiger partial charge in [0.2, 0.25) is 5.95 Å². The maximum Gasteiger partial charge on any atom is 0.418 e. The van der Waals surface area contributed by atoms with E-state index in [2.05, 4.69) is 30.2 Å². The predicted octanol–water partition coefficient (Wildman–Crippen LogP) is 3.81. The summed E-state index contributed by atoms with van der Waals surface area (Å²) in [6, 6.07) is 7.28. The van der Waals surface area contributed by atoms with E-state index in [0.717, 1.165) is 11.8 Å². The van der Waals surface area contributed by atoms with Crippen molar-refractivity contribution >= 4 is 11.5 Å². The molecule has 0 saturated carbocycles. The normalized spacial score (nSPS) is 16.2. The van der Waals surface area contributed by atoms with Crippen LogP contribution >= 0.6 is 0 Å². The lowest BCUT2D eigenvalue weighted by atomic mass is 10.00. The summed E-state index contributed by atoms with van der Waals surface area (Å²) in [7, 11) is 0. The van der Waals surface area contributed by atoms with E-state index in [4.69, 9.17) is 4.42 Å². The topological polar surface area (TPSA) is 101 Å². The Morgan fingerprint density at radius 1 is 1.12 bits per heavy atom. The van der Waals surface area contributed by atoms with Gasteiger partial charge in [-0.25, -0.2) is 14.5 Å². The molecule has 0 unspecified atom stereocenters. The number of hydrogen-bond donors (Lipinski definition) is 1. The van der Waals surface area contributed by atoms with Gasteiger partial charge in [-0.2, -0.15) is 22.7 Å². The molecule has 0 saturated heterocycles. The maximum atomic E-state index is 13.6. The highest BCUT2D eigenvalue weighted by atomic mass is 19.4. The van der Waals surface area contributed by atoms with Gasteiger partial charge >= 0.3 is 12.2 Å². The summed E-state index contributed by atoms with van der Waals surface area (Å²) < 4.78 is 61.2. The summed E-state index contributed by atoms with van der Waals surface area (Å²) in [5, 5.41) is 12.5. The Labute approximate surface area is 188 Å². The summed E-state index contributed by atoms with van der Waals surface area (Å²) in [6.07, 6.45) is -1.01. The Morgan fingerprint density at radius 2 is 2.00 bits per heavy atom. The van der Waals surface area contributed by atoms with Crippen LogP contribution in [0.15, 0.2) is 53.3 Å². The molecule has 0 aliphatic carbocycles. The van der Waals surface area contributed by atoms with Gasteiger partial charge in [0, 0.05) is 24.9 Å². The monoisotopic (exact) mass is 470 g/mol. The number of pyridine rings is 2. The van der Waals surface area contributed by atoms with Crippen LogP contribution < -0.4 is 4.90 Å². The van der Waals surface area contributed by atoms with Crippen molar-refractivity contribution in [2.24, 2.45) is 0 Å². The third-order valence-corrected chi connectivity index (χ3v) is 5.63. The highest BCUT2D eigenvalue weighted by Gasteiger charge is 2.38. The highest BCUT2D eigenvalue weighted by Crippen LogP contribution is 2.39. The van der Waals surface area contributed by atoms with Gasteiger partial charge in [0.1, 0.15) is 11.7 Å². The number of halogens is 4. The number of rotatable bonds is 3. The summed E-state index contributed by atoms with van der Waals surface area (Å²) >= 11 is 0. The first-order valence-corrected chi connectivity index (χ1v) is 10.2. The van der Waals surface area contributed by atoms with E-state index in [9.17, 15) is 17.6 Å². The Balaban J connectivity index is 1.46. The van der Waals surface area contributed by atoms with E-state index in [1.165, 1.54) is 47.4 Å². The van der Waals surface area contributed by atoms with Crippen molar-refractivity contribution in [1.82, 2.24) is 34.8 Å². The van der Waals surface area contributed by atoms with Crippen molar-refractivity contribution < 1.29 is 22.0 Å². The summed E-state index contributed by atoms with van der Waals surface area (Å²) in [4.78, 5) is 12.9. The molecular formula is C21H14F4N8O. The number of aromatic amines is 1. The van der Waals surface area contributed by atoms with Gasteiger partial charge in [0.05, 0.1) is 28.8 Å². The Bertz CT molecular complexity index is 1500. The number of imidazole rings is 1. The summed E-state index contributed by atoms with van der Waals surface area (Å²) in [5.74, 6) is -0.685. The molecule has 5 aromatic rings. The van der Waals surface area contributed by atoms with Gasteiger partial charge < -0.3 is 14.3 Å². The second kappa shape index (κ2) is 7.37. The van der Waals surface area contributed by atoms with E-state index in [-0.39, 0.29) is 23.1 Å². The molecule has 1 N–H and O–H groups in total. The largest absolute Gasteiger partial charge is 0.418 e. The van der Waals surface area contributed by atoms with Crippen LogP contribution in [0.1, 0.15) is 28.7 Å². The van der Waals surface area contributed by atoms with E-state index in [1.54, 1.807) is 4.90 Å². The first-order chi connectivity index (χ1) is 16.4. The summed E-state index contributed by atoms with van der Waals surface area (Å²) in [6.45, 7) is 0.401. The lowest BCUT2D eigenvalue weighted by Crippen LogP contribution is -2.36. The van der Waals surface area contributed by atoms with Crippen molar-refractivity contribution in [3.63, 3.8) is 0 Å². The standard InChI is InChI=1S/C21H14F4N8O/c22-16-5-1-4-13(28-16)19-29-30-20(34-19)32-8-6-12-17(27-10-26-12)18(32)14-9-15-11(21(23,24)25)3-2-7-33(15)31-14/h1-5,7,9-10,18H,6,8H2,(H,26,27)/t18-/m1/s1. The fourth-order valence-electron chi connectivity index (χ4n) is 4.15. The fraction of sp³-hybridized carbons (Fsp3) is 0.190. The molecule has 0 bridgehead atoms. The molecule has 6 rings (SSSR count). The number of fused-ring (bicyclic) bond motifs is 2. The highest BCUT2D eigenvalue weighted by molar-refractivity contribution is 5.59. The third-order valence-electron chi connectivity index (χ3n) is 5.63. The van der Waals surface area contributed by atoms with Crippen LogP contribution in [0.25, 0.3) is 17.1 Å². The molecule has 0 amide bonds. The molecule has 1 atom stereocenters. The minimum Gasteiger partial charge on any atom is -0.402 e. The van der Waals surface area contributed by atoms with Crippen LogP contribution in [0.4, 0.5) is 23.6 Å². The number of alkyl halides is 3. The van der Waals surface area contributed by atoms with Crippen LogP contribution in [0.3, 0.4) is 0 Å². The van der Waals surface area contributed by atoms with E-state index in [1.807, 2.05) is 0 Å². The SMILES string of the molecule is Fc1cccc(-c2nnc(N3CCc4[nH]cnc4[C@H]3c3cc4c(C(F)(F)F)cccn4n3)o2)n1. The fourth-order valence-corrected chi connectivity index (χ4v) is 4.15. The number of H-pyrrole nitrogens is 1. The second-order valence-electron chi connectivity index (χ2n) is 7.67. The number of aromatic nitrogens is 7. The molecule has 0 spiro atoms. The Kier molecular flexibility index (Phi) is 4.40. The van der Waals surface area contributed by atoms with Crippen LogP contribution in [0, 0.1) is 5.95 Å². The van der Waals surface area contributed by atoms with Crippen LogP contribution in [0.5, 0.6) is 0 Å². The zero-order valence-electron chi connectivity index (χ0n) is 17.2. The zero-order chi connectivity index (χ0) is 23.4. The van der Waals surface area contributed by atoms with Crippen molar-refractivity contribution in [3.8, 4) is 11.6 Å². The van der Waals surface area contributed by atoms with Gasteiger partial charge in [-0.15, -0.1) is 5.10 Å². The van der Waals surface area contributed by atoms with Gasteiger partial charge in [-0.05, 0) is 30.3 Å². The van der Waals surface area contributed by atoms with Gasteiger partial charge in [0.25, 0.3) is 5.89 Å². The molecule has 13 heteroatoms. The Hall–Kier alpha value is -4.29. The minimum absolute atomic E-state index is 0.00966. The number of nitrogens with zero attached hydrogens (tertiary/aromatic N) is 7. The van der Waals surface area contributed by atoms with Crippen molar-refractivity contribution in [2.45, 2.75) is 18.6 Å². The molecular weight excluding hydrogens is 456 g/mol. The smallest absolute Gasteiger partial charge is 0.402 e. The van der Waals surface area contributed by atoms with E-state index < -0.39 is 23.7 Å². The molecule has 0 aromatic carbocycles. The van der Waals surface area contributed by atoms with Crippen LogP contribution in [0.2, 0.25) is 0 Å². The van der Waals surface area contributed by atoms with Gasteiger partial charge in [0.15, 0.2) is 0 Å². The molecule has 5 aromatic heterocycles. The Morgan fingerprint density at radius 3 is 2.82 bits per heavy atom. The number of anilines is 1. The molecule has 0 fully saturated rings. The molecule has 172 valence electrons. The minimum atomic E-state index is -4.54. The lowest BCUT2D eigenvalue weighted by Gasteiger charge is -2.32. The van der Waals surface area contributed by atoms with E-state index >= 15 is 0 Å². The molecule has 6 heterocycles.